The molecule has 0 aliphatic carbocycles. The van der Waals surface area contributed by atoms with Crippen LogP contribution in [-0.2, 0) is 4.74 Å². The van der Waals surface area contributed by atoms with Gasteiger partial charge < -0.3 is 10.1 Å². The zero-order valence-corrected chi connectivity index (χ0v) is 11.6. The number of amides is 1. The second-order valence-corrected chi connectivity index (χ2v) is 5.69. The predicted octanol–water partition coefficient (Wildman–Crippen LogP) is 0.984. The fourth-order valence-electron chi connectivity index (χ4n) is 1.99. The molecule has 2 heterocycles. The van der Waals surface area contributed by atoms with Crippen molar-refractivity contribution in [1.29, 1.82) is 0 Å². The quantitative estimate of drug-likeness (QED) is 0.885. The van der Waals surface area contributed by atoms with Gasteiger partial charge in [-0.05, 0) is 13.8 Å². The summed E-state index contributed by atoms with van der Waals surface area (Å²) in [6.45, 7) is 8.26. The maximum atomic E-state index is 11.8. The SMILES string of the molecule is CC(C)(CNC(=O)c1cscn1)N1CCOCC1. The molecule has 1 aliphatic heterocycles. The molecule has 1 N–H and O–H groups in total. The number of ether oxygens (including phenoxy) is 1. The number of nitrogens with one attached hydrogen (secondary N) is 1. The Morgan fingerprint density at radius 1 is 1.56 bits per heavy atom. The number of thiazole rings is 1. The highest BCUT2D eigenvalue weighted by atomic mass is 32.1. The van der Waals surface area contributed by atoms with Gasteiger partial charge in [0, 0.05) is 30.6 Å². The Labute approximate surface area is 111 Å². The summed E-state index contributed by atoms with van der Waals surface area (Å²) in [6, 6.07) is 0. The minimum absolute atomic E-state index is 0.0601. The Balaban J connectivity index is 1.86. The molecule has 2 rings (SSSR count). The van der Waals surface area contributed by atoms with Crippen LogP contribution in [0.3, 0.4) is 0 Å². The van der Waals surface area contributed by atoms with Gasteiger partial charge in [0.1, 0.15) is 5.69 Å². The number of morpholine rings is 1. The number of hydrogen-bond acceptors (Lipinski definition) is 5. The Hall–Kier alpha value is -0.980. The van der Waals surface area contributed by atoms with Crippen molar-refractivity contribution in [1.82, 2.24) is 15.2 Å². The molecule has 0 saturated carbocycles. The van der Waals surface area contributed by atoms with E-state index in [0.29, 0.717) is 12.2 Å². The van der Waals surface area contributed by atoms with Crippen molar-refractivity contribution < 1.29 is 9.53 Å². The van der Waals surface area contributed by atoms with E-state index < -0.39 is 0 Å². The minimum Gasteiger partial charge on any atom is -0.379 e. The minimum atomic E-state index is -0.0995. The predicted molar refractivity (Wildman–Crippen MR) is 70.9 cm³/mol. The molecule has 1 amide bonds. The van der Waals surface area contributed by atoms with Crippen molar-refractivity contribution in [2.24, 2.45) is 0 Å². The van der Waals surface area contributed by atoms with Crippen LogP contribution in [0.15, 0.2) is 10.9 Å². The number of nitrogens with zero attached hydrogens (tertiary/aromatic N) is 2. The third-order valence-electron chi connectivity index (χ3n) is 3.21. The Morgan fingerprint density at radius 2 is 2.28 bits per heavy atom. The summed E-state index contributed by atoms with van der Waals surface area (Å²) in [5.41, 5.74) is 2.11. The lowest BCUT2D eigenvalue weighted by atomic mass is 10.0. The van der Waals surface area contributed by atoms with E-state index in [1.54, 1.807) is 10.9 Å². The van der Waals surface area contributed by atoms with Gasteiger partial charge in [0.2, 0.25) is 0 Å². The first-order chi connectivity index (χ1) is 8.59. The molecule has 1 saturated heterocycles. The fraction of sp³-hybridized carbons (Fsp3) is 0.667. The van der Waals surface area contributed by atoms with E-state index in [9.17, 15) is 4.79 Å². The maximum absolute atomic E-state index is 11.8. The average Bonchev–Trinajstić information content (AvgIpc) is 2.91. The maximum Gasteiger partial charge on any atom is 0.270 e. The van der Waals surface area contributed by atoms with Crippen molar-refractivity contribution in [3.8, 4) is 0 Å². The molecule has 0 bridgehead atoms. The van der Waals surface area contributed by atoms with Gasteiger partial charge in [-0.2, -0.15) is 0 Å². The molecule has 1 aromatic rings. The van der Waals surface area contributed by atoms with Gasteiger partial charge in [-0.1, -0.05) is 0 Å². The van der Waals surface area contributed by atoms with E-state index >= 15 is 0 Å². The Bertz CT molecular complexity index is 386. The zero-order chi connectivity index (χ0) is 13.0. The van der Waals surface area contributed by atoms with Crippen LogP contribution in [0.25, 0.3) is 0 Å². The van der Waals surface area contributed by atoms with E-state index in [4.69, 9.17) is 4.74 Å². The number of hydrogen-bond donors (Lipinski definition) is 1. The van der Waals surface area contributed by atoms with Crippen LogP contribution < -0.4 is 5.32 Å². The normalized spacial score (nSPS) is 17.7. The molecule has 0 aromatic carbocycles. The first kappa shape index (κ1) is 13.5. The summed E-state index contributed by atoms with van der Waals surface area (Å²) in [7, 11) is 0. The molecule has 0 radical (unpaired) electrons. The Morgan fingerprint density at radius 3 is 2.89 bits per heavy atom. The molecule has 0 unspecified atom stereocenters. The third kappa shape index (κ3) is 3.28. The first-order valence-electron chi connectivity index (χ1n) is 6.09. The van der Waals surface area contributed by atoms with Crippen LogP contribution in [0.1, 0.15) is 24.3 Å². The molecule has 100 valence electrons. The van der Waals surface area contributed by atoms with Gasteiger partial charge in [-0.25, -0.2) is 4.98 Å². The molecule has 0 spiro atoms. The van der Waals surface area contributed by atoms with Gasteiger partial charge in [0.15, 0.2) is 0 Å². The Kier molecular flexibility index (Phi) is 4.31. The van der Waals surface area contributed by atoms with Crippen LogP contribution in [-0.4, -0.2) is 54.2 Å². The van der Waals surface area contributed by atoms with Gasteiger partial charge >= 0.3 is 0 Å². The van der Waals surface area contributed by atoms with E-state index in [0.717, 1.165) is 26.3 Å². The van der Waals surface area contributed by atoms with Crippen LogP contribution in [0, 0.1) is 0 Å². The van der Waals surface area contributed by atoms with Crippen LogP contribution >= 0.6 is 11.3 Å². The van der Waals surface area contributed by atoms with Gasteiger partial charge in [0.05, 0.1) is 18.7 Å². The number of aromatic nitrogens is 1. The molecule has 1 fully saturated rings. The number of carbonyl (C=O) groups excluding carboxylic acids is 1. The largest absolute Gasteiger partial charge is 0.379 e. The monoisotopic (exact) mass is 269 g/mol. The van der Waals surface area contributed by atoms with Gasteiger partial charge in [-0.15, -0.1) is 11.3 Å². The molecular weight excluding hydrogens is 250 g/mol. The summed E-state index contributed by atoms with van der Waals surface area (Å²) in [5.74, 6) is -0.0995. The van der Waals surface area contributed by atoms with Crippen molar-refractivity contribution in [3.05, 3.63) is 16.6 Å². The standard InChI is InChI=1S/C12H19N3O2S/c1-12(2,15-3-5-17-6-4-15)8-13-11(16)10-7-18-9-14-10/h7,9H,3-6,8H2,1-2H3,(H,13,16). The van der Waals surface area contributed by atoms with Crippen LogP contribution in [0.2, 0.25) is 0 Å². The summed E-state index contributed by atoms with van der Waals surface area (Å²) in [6.07, 6.45) is 0. The van der Waals surface area contributed by atoms with E-state index in [1.165, 1.54) is 11.3 Å². The molecule has 18 heavy (non-hydrogen) atoms. The summed E-state index contributed by atoms with van der Waals surface area (Å²) in [5, 5.41) is 4.71. The smallest absolute Gasteiger partial charge is 0.270 e. The van der Waals surface area contributed by atoms with Crippen LogP contribution in [0.4, 0.5) is 0 Å². The van der Waals surface area contributed by atoms with Gasteiger partial charge in [-0.3, -0.25) is 9.69 Å². The molecule has 1 aromatic heterocycles. The van der Waals surface area contributed by atoms with Crippen molar-refractivity contribution in [2.45, 2.75) is 19.4 Å². The second kappa shape index (κ2) is 5.77. The number of rotatable bonds is 4. The molecule has 6 heteroatoms. The zero-order valence-electron chi connectivity index (χ0n) is 10.8. The summed E-state index contributed by atoms with van der Waals surface area (Å²) in [4.78, 5) is 18.2. The van der Waals surface area contributed by atoms with Crippen LogP contribution in [0.5, 0.6) is 0 Å². The van der Waals surface area contributed by atoms with Crippen molar-refractivity contribution in [3.63, 3.8) is 0 Å². The van der Waals surface area contributed by atoms with E-state index in [2.05, 4.69) is 29.0 Å². The van der Waals surface area contributed by atoms with E-state index in [-0.39, 0.29) is 11.4 Å². The highest BCUT2D eigenvalue weighted by Gasteiger charge is 2.28. The van der Waals surface area contributed by atoms with Crippen molar-refractivity contribution in [2.75, 3.05) is 32.8 Å². The van der Waals surface area contributed by atoms with Crippen molar-refractivity contribution >= 4 is 17.2 Å². The van der Waals surface area contributed by atoms with Gasteiger partial charge in [0.25, 0.3) is 5.91 Å². The summed E-state index contributed by atoms with van der Waals surface area (Å²) >= 11 is 1.43. The topological polar surface area (TPSA) is 54.5 Å². The molecule has 1 aliphatic rings. The lowest BCUT2D eigenvalue weighted by Gasteiger charge is -2.40. The highest BCUT2D eigenvalue weighted by Crippen LogP contribution is 2.15. The van der Waals surface area contributed by atoms with E-state index in [1.807, 2.05) is 0 Å². The third-order valence-corrected chi connectivity index (χ3v) is 3.80. The molecular formula is C12H19N3O2S. The number of carbonyl (C=O) groups is 1. The lowest BCUT2D eigenvalue weighted by molar-refractivity contribution is -0.00924. The molecule has 5 nitrogen and oxygen atoms in total. The fourth-order valence-corrected chi connectivity index (χ4v) is 2.52. The first-order valence-corrected chi connectivity index (χ1v) is 7.03. The second-order valence-electron chi connectivity index (χ2n) is 4.97. The highest BCUT2D eigenvalue weighted by molar-refractivity contribution is 7.07. The summed E-state index contributed by atoms with van der Waals surface area (Å²) < 4.78 is 5.34. The lowest BCUT2D eigenvalue weighted by Crippen LogP contribution is -2.55. The average molecular weight is 269 g/mol. The molecule has 0 atom stereocenters.